The van der Waals surface area contributed by atoms with Crippen LogP contribution in [0, 0.1) is 10.1 Å². The predicted molar refractivity (Wildman–Crippen MR) is 64.1 cm³/mol. The molecule has 90 valence electrons. The lowest BCUT2D eigenvalue weighted by Gasteiger charge is -2.27. The number of rotatable bonds is 2. The van der Waals surface area contributed by atoms with E-state index in [0.717, 1.165) is 17.7 Å². The maximum atomic E-state index is 10.5. The summed E-state index contributed by atoms with van der Waals surface area (Å²) in [5, 5.41) is 20.4. The summed E-state index contributed by atoms with van der Waals surface area (Å²) < 4.78 is 0.492. The Hall–Kier alpha value is -1.72. The molecule has 0 radical (unpaired) electrons. The maximum Gasteiger partial charge on any atom is 0.269 e. The van der Waals surface area contributed by atoms with Crippen LogP contribution in [0.15, 0.2) is 30.3 Å². The van der Waals surface area contributed by atoms with Crippen LogP contribution in [0.5, 0.6) is 0 Å². The van der Waals surface area contributed by atoms with Gasteiger partial charge < -0.3 is 5.11 Å². The summed E-state index contributed by atoms with van der Waals surface area (Å²) in [6.45, 7) is 0.721. The first-order chi connectivity index (χ1) is 7.90. The number of aliphatic hydroxyl groups is 1. The van der Waals surface area contributed by atoms with E-state index >= 15 is 0 Å². The highest BCUT2D eigenvalue weighted by molar-refractivity contribution is 5.68. The molecule has 1 heterocycles. The van der Waals surface area contributed by atoms with Crippen molar-refractivity contribution in [3.05, 3.63) is 46.0 Å². The zero-order valence-corrected chi connectivity index (χ0v) is 9.83. The second-order valence-electron chi connectivity index (χ2n) is 4.85. The number of hydrogen-bond donors (Lipinski definition) is 1. The van der Waals surface area contributed by atoms with Crippen LogP contribution in [0.2, 0.25) is 0 Å². The van der Waals surface area contributed by atoms with Gasteiger partial charge in [0, 0.05) is 23.8 Å². The molecule has 17 heavy (non-hydrogen) atoms. The summed E-state index contributed by atoms with van der Waals surface area (Å²) in [6.07, 6.45) is 1.29. The molecular weight excluding hydrogens is 220 g/mol. The monoisotopic (exact) mass is 235 g/mol. The van der Waals surface area contributed by atoms with Gasteiger partial charge in [-0.15, -0.1) is 0 Å². The van der Waals surface area contributed by atoms with Gasteiger partial charge in [0.05, 0.1) is 19.0 Å². The fourth-order valence-corrected chi connectivity index (χ4v) is 1.95. The molecule has 1 aliphatic rings. The summed E-state index contributed by atoms with van der Waals surface area (Å²) in [7, 11) is 3.89. The van der Waals surface area contributed by atoms with Gasteiger partial charge in [-0.2, -0.15) is 0 Å². The van der Waals surface area contributed by atoms with Crippen LogP contribution in [0.1, 0.15) is 5.56 Å². The van der Waals surface area contributed by atoms with E-state index in [2.05, 4.69) is 0 Å². The van der Waals surface area contributed by atoms with Gasteiger partial charge in [0.2, 0.25) is 6.23 Å². The Kier molecular flexibility index (Phi) is 2.73. The van der Waals surface area contributed by atoms with Crippen molar-refractivity contribution in [3.63, 3.8) is 0 Å². The lowest BCUT2D eigenvalue weighted by Crippen LogP contribution is -2.44. The van der Waals surface area contributed by atoms with Gasteiger partial charge in [-0.3, -0.25) is 14.6 Å². The second kappa shape index (κ2) is 3.94. The molecule has 1 N–H and O–H groups in total. The fraction of sp³-hybridized carbons (Fsp3) is 0.333. The first-order valence-electron chi connectivity index (χ1n) is 5.36. The van der Waals surface area contributed by atoms with Gasteiger partial charge in [-0.25, -0.2) is 0 Å². The topological polar surface area (TPSA) is 63.4 Å². The molecule has 1 unspecified atom stereocenters. The Morgan fingerprint density at radius 1 is 1.35 bits per heavy atom. The van der Waals surface area contributed by atoms with Crippen LogP contribution in [0.4, 0.5) is 5.69 Å². The van der Waals surface area contributed by atoms with Crippen molar-refractivity contribution < 1.29 is 14.5 Å². The van der Waals surface area contributed by atoms with Gasteiger partial charge >= 0.3 is 0 Å². The maximum absolute atomic E-state index is 10.5. The average molecular weight is 235 g/mol. The molecule has 0 saturated heterocycles. The molecule has 0 fully saturated rings. The van der Waals surface area contributed by atoms with Crippen molar-refractivity contribution >= 4 is 11.3 Å². The summed E-state index contributed by atoms with van der Waals surface area (Å²) >= 11 is 0. The van der Waals surface area contributed by atoms with Crippen molar-refractivity contribution in [3.8, 4) is 0 Å². The van der Waals surface area contributed by atoms with Crippen LogP contribution in [-0.2, 0) is 0 Å². The molecule has 0 saturated carbocycles. The van der Waals surface area contributed by atoms with Crippen molar-refractivity contribution in [2.45, 2.75) is 6.23 Å². The number of non-ortho nitro benzene ring substituents is 1. The Morgan fingerprint density at radius 2 is 1.94 bits per heavy atom. The third kappa shape index (κ3) is 2.20. The average Bonchev–Trinajstić information content (AvgIpc) is 2.54. The molecule has 2 rings (SSSR count). The van der Waals surface area contributed by atoms with Gasteiger partial charge in [0.1, 0.15) is 6.54 Å². The smallest absolute Gasteiger partial charge is 0.269 e. The fourth-order valence-electron chi connectivity index (χ4n) is 1.95. The molecule has 5 nitrogen and oxygen atoms in total. The van der Waals surface area contributed by atoms with Crippen molar-refractivity contribution in [2.24, 2.45) is 0 Å². The first-order valence-corrected chi connectivity index (χ1v) is 5.36. The normalized spacial score (nSPS) is 22.3. The molecule has 0 spiro atoms. The van der Waals surface area contributed by atoms with E-state index in [0.29, 0.717) is 4.48 Å². The minimum Gasteiger partial charge on any atom is -0.341 e. The molecule has 5 heteroatoms. The lowest BCUT2D eigenvalue weighted by molar-refractivity contribution is -0.917. The van der Waals surface area contributed by atoms with Crippen LogP contribution < -0.4 is 0 Å². The third-order valence-electron chi connectivity index (χ3n) is 3.09. The summed E-state index contributed by atoms with van der Waals surface area (Å²) in [4.78, 5) is 10.1. The van der Waals surface area contributed by atoms with E-state index in [9.17, 15) is 15.2 Å². The van der Waals surface area contributed by atoms with Crippen molar-refractivity contribution in [2.75, 3.05) is 20.6 Å². The van der Waals surface area contributed by atoms with E-state index < -0.39 is 11.2 Å². The Labute approximate surface area is 99.3 Å². The lowest BCUT2D eigenvalue weighted by atomic mass is 10.1. The van der Waals surface area contributed by atoms with E-state index in [1.165, 1.54) is 12.1 Å². The first kappa shape index (κ1) is 11.8. The molecule has 0 amide bonds. The number of nitrogens with zero attached hydrogens (tertiary/aromatic N) is 2. The minimum absolute atomic E-state index is 0.0849. The molecule has 0 bridgehead atoms. The molecule has 1 atom stereocenters. The zero-order valence-electron chi connectivity index (χ0n) is 9.83. The molecule has 1 aromatic rings. The van der Waals surface area contributed by atoms with E-state index in [1.807, 2.05) is 14.1 Å². The Bertz CT molecular complexity index is 477. The van der Waals surface area contributed by atoms with Crippen LogP contribution >= 0.6 is 0 Å². The van der Waals surface area contributed by atoms with E-state index in [4.69, 9.17) is 0 Å². The van der Waals surface area contributed by atoms with Gasteiger partial charge in [0.15, 0.2) is 0 Å². The van der Waals surface area contributed by atoms with Crippen LogP contribution in [0.3, 0.4) is 0 Å². The molecule has 1 aromatic carbocycles. The molecule has 0 aromatic heterocycles. The van der Waals surface area contributed by atoms with Gasteiger partial charge in [0.25, 0.3) is 5.69 Å². The molecule has 0 aliphatic carbocycles. The highest BCUT2D eigenvalue weighted by Gasteiger charge is 2.33. The summed E-state index contributed by atoms with van der Waals surface area (Å²) in [6, 6.07) is 6.42. The van der Waals surface area contributed by atoms with Gasteiger partial charge in [-0.05, 0) is 17.7 Å². The SMILES string of the molecule is C[N+]1(C)CC(c2ccc([N+](=O)[O-])cc2)=CC1O. The number of quaternary nitrogens is 1. The van der Waals surface area contributed by atoms with Gasteiger partial charge in [-0.1, -0.05) is 0 Å². The second-order valence-corrected chi connectivity index (χ2v) is 4.85. The van der Waals surface area contributed by atoms with E-state index in [-0.39, 0.29) is 5.69 Å². The highest BCUT2D eigenvalue weighted by atomic mass is 16.6. The number of benzene rings is 1. The summed E-state index contributed by atoms with van der Waals surface area (Å²) in [5.74, 6) is 0. The largest absolute Gasteiger partial charge is 0.341 e. The van der Waals surface area contributed by atoms with E-state index in [1.54, 1.807) is 18.2 Å². The zero-order chi connectivity index (χ0) is 12.6. The summed E-state index contributed by atoms with van der Waals surface area (Å²) in [5.41, 5.74) is 2.04. The minimum atomic E-state index is -0.514. The highest BCUT2D eigenvalue weighted by Crippen LogP contribution is 2.28. The standard InChI is InChI=1S/C12H15N2O3/c1-14(2)8-10(7-12(14)15)9-3-5-11(6-4-9)13(16)17/h3-7,12,15H,8H2,1-2H3/q+1. The quantitative estimate of drug-likeness (QED) is 0.478. The molecule has 1 aliphatic heterocycles. The Balaban J connectivity index is 2.25. The number of hydrogen-bond acceptors (Lipinski definition) is 3. The van der Waals surface area contributed by atoms with Crippen LogP contribution in [-0.4, -0.2) is 41.4 Å². The Morgan fingerprint density at radius 3 is 2.35 bits per heavy atom. The number of nitro benzene ring substituents is 1. The number of aliphatic hydroxyl groups excluding tert-OH is 1. The number of likely N-dealkylation sites (N-methyl/N-ethyl adjacent to an activating group) is 1. The molecular formula is C12H15N2O3+. The van der Waals surface area contributed by atoms with Crippen molar-refractivity contribution in [1.82, 2.24) is 0 Å². The third-order valence-corrected chi connectivity index (χ3v) is 3.09. The predicted octanol–water partition coefficient (Wildman–Crippen LogP) is 1.39. The number of nitro groups is 1. The van der Waals surface area contributed by atoms with Crippen LogP contribution in [0.25, 0.3) is 5.57 Å². The van der Waals surface area contributed by atoms with Crippen molar-refractivity contribution in [1.29, 1.82) is 0 Å².